The van der Waals surface area contributed by atoms with E-state index in [0.29, 0.717) is 35.8 Å². The number of carboxylic acid groups (broad SMARTS) is 1. The molecule has 23 heavy (non-hydrogen) atoms. The third-order valence-electron chi connectivity index (χ3n) is 4.22. The van der Waals surface area contributed by atoms with Gasteiger partial charge in [-0.25, -0.2) is 0 Å². The second-order valence-electron chi connectivity index (χ2n) is 6.20. The van der Waals surface area contributed by atoms with Gasteiger partial charge in [-0.15, -0.1) is 0 Å². The lowest BCUT2D eigenvalue weighted by Crippen LogP contribution is -2.39. The summed E-state index contributed by atoms with van der Waals surface area (Å²) in [5.74, 6) is -0.830. The molecule has 1 heterocycles. The number of ether oxygens (including phenoxy) is 1. The second kappa shape index (κ2) is 6.40. The number of benzene rings is 1. The molecule has 1 aliphatic heterocycles. The average molecular weight is 317 g/mol. The number of rotatable bonds is 6. The SMILES string of the molecule is O=C(O)Cc1ccc(OCC2CC2)c(C2CCC(=O)NC2=O)c1. The Balaban J connectivity index is 1.86. The summed E-state index contributed by atoms with van der Waals surface area (Å²) in [7, 11) is 0. The van der Waals surface area contributed by atoms with Gasteiger partial charge in [0.1, 0.15) is 5.75 Å². The molecule has 0 bridgehead atoms. The third kappa shape index (κ3) is 3.88. The number of carbonyl (C=O) groups is 3. The molecule has 1 saturated carbocycles. The minimum atomic E-state index is -0.925. The minimum Gasteiger partial charge on any atom is -0.493 e. The first kappa shape index (κ1) is 15.5. The number of hydrogen-bond acceptors (Lipinski definition) is 4. The Morgan fingerprint density at radius 2 is 2.04 bits per heavy atom. The molecule has 1 aromatic carbocycles. The Bertz CT molecular complexity index is 650. The van der Waals surface area contributed by atoms with E-state index in [-0.39, 0.29) is 24.7 Å². The van der Waals surface area contributed by atoms with Crippen molar-refractivity contribution >= 4 is 17.8 Å². The molecular formula is C17H19NO5. The van der Waals surface area contributed by atoms with Crippen LogP contribution >= 0.6 is 0 Å². The fourth-order valence-electron chi connectivity index (χ4n) is 2.77. The maximum absolute atomic E-state index is 12.1. The number of imide groups is 1. The number of carboxylic acids is 1. The summed E-state index contributed by atoms with van der Waals surface area (Å²) < 4.78 is 5.84. The predicted molar refractivity (Wildman–Crippen MR) is 81.1 cm³/mol. The maximum atomic E-state index is 12.1. The highest BCUT2D eigenvalue weighted by Crippen LogP contribution is 2.35. The molecule has 2 amide bonds. The molecule has 1 aromatic rings. The van der Waals surface area contributed by atoms with Crippen molar-refractivity contribution in [2.24, 2.45) is 5.92 Å². The first-order valence-electron chi connectivity index (χ1n) is 7.84. The summed E-state index contributed by atoms with van der Waals surface area (Å²) in [5, 5.41) is 11.3. The number of aliphatic carboxylic acids is 1. The molecule has 1 atom stereocenters. The fraction of sp³-hybridized carbons (Fsp3) is 0.471. The number of carbonyl (C=O) groups excluding carboxylic acids is 2. The normalized spacial score (nSPS) is 21.0. The molecule has 122 valence electrons. The number of piperidine rings is 1. The van der Waals surface area contributed by atoms with Crippen LogP contribution < -0.4 is 10.1 Å². The van der Waals surface area contributed by atoms with E-state index in [9.17, 15) is 14.4 Å². The van der Waals surface area contributed by atoms with Gasteiger partial charge in [0.05, 0.1) is 18.9 Å². The van der Waals surface area contributed by atoms with Gasteiger partial charge in [-0.05, 0) is 36.8 Å². The molecule has 1 aliphatic carbocycles. The molecule has 6 nitrogen and oxygen atoms in total. The number of amides is 2. The zero-order valence-electron chi connectivity index (χ0n) is 12.7. The molecule has 0 aromatic heterocycles. The Labute approximate surface area is 133 Å². The molecule has 3 rings (SSSR count). The summed E-state index contributed by atoms with van der Waals surface area (Å²) in [6, 6.07) is 5.17. The van der Waals surface area contributed by atoms with Gasteiger partial charge in [-0.2, -0.15) is 0 Å². The number of nitrogens with one attached hydrogen (secondary N) is 1. The summed E-state index contributed by atoms with van der Waals surface area (Å²) in [4.78, 5) is 34.4. The van der Waals surface area contributed by atoms with E-state index in [2.05, 4.69) is 5.32 Å². The zero-order chi connectivity index (χ0) is 16.4. The first-order chi connectivity index (χ1) is 11.0. The van der Waals surface area contributed by atoms with Crippen molar-refractivity contribution in [3.05, 3.63) is 29.3 Å². The molecule has 1 saturated heterocycles. The summed E-state index contributed by atoms with van der Waals surface area (Å²) in [6.45, 7) is 0.610. The van der Waals surface area contributed by atoms with Crippen molar-refractivity contribution in [2.75, 3.05) is 6.61 Å². The average Bonchev–Trinajstić information content (AvgIpc) is 3.29. The second-order valence-corrected chi connectivity index (χ2v) is 6.20. The van der Waals surface area contributed by atoms with Crippen LogP contribution in [0.1, 0.15) is 42.7 Å². The monoisotopic (exact) mass is 317 g/mol. The fourth-order valence-corrected chi connectivity index (χ4v) is 2.77. The van der Waals surface area contributed by atoms with Gasteiger partial charge >= 0.3 is 5.97 Å². The highest BCUT2D eigenvalue weighted by atomic mass is 16.5. The predicted octanol–water partition coefficient (Wildman–Crippen LogP) is 1.62. The van der Waals surface area contributed by atoms with Crippen LogP contribution in [0.2, 0.25) is 0 Å². The lowest BCUT2D eigenvalue weighted by atomic mass is 9.88. The van der Waals surface area contributed by atoms with Crippen molar-refractivity contribution in [1.29, 1.82) is 0 Å². The van der Waals surface area contributed by atoms with Gasteiger partial charge in [0.25, 0.3) is 0 Å². The van der Waals surface area contributed by atoms with E-state index in [1.807, 2.05) is 0 Å². The molecule has 2 fully saturated rings. The van der Waals surface area contributed by atoms with Crippen LogP contribution in [0.4, 0.5) is 0 Å². The van der Waals surface area contributed by atoms with Crippen LogP contribution in [-0.4, -0.2) is 29.5 Å². The largest absolute Gasteiger partial charge is 0.493 e. The smallest absolute Gasteiger partial charge is 0.307 e. The number of hydrogen-bond donors (Lipinski definition) is 2. The standard InChI is InChI=1S/C17H19NO5/c19-15-6-4-12(17(22)18-15)13-7-11(8-16(20)21)3-5-14(13)23-9-10-1-2-10/h3,5,7,10,12H,1-2,4,6,8-9H2,(H,20,21)(H,18,19,22). The van der Waals surface area contributed by atoms with Gasteiger partial charge in [0.15, 0.2) is 0 Å². The highest BCUT2D eigenvalue weighted by molar-refractivity contribution is 6.01. The van der Waals surface area contributed by atoms with Crippen LogP contribution in [0, 0.1) is 5.92 Å². The van der Waals surface area contributed by atoms with Crippen LogP contribution in [0.25, 0.3) is 0 Å². The Kier molecular flexibility index (Phi) is 4.32. The molecule has 6 heteroatoms. The zero-order valence-corrected chi connectivity index (χ0v) is 12.7. The van der Waals surface area contributed by atoms with Crippen LogP contribution in [0.3, 0.4) is 0 Å². The van der Waals surface area contributed by atoms with Crippen molar-refractivity contribution in [1.82, 2.24) is 5.32 Å². The van der Waals surface area contributed by atoms with E-state index in [1.54, 1.807) is 18.2 Å². The molecular weight excluding hydrogens is 298 g/mol. The summed E-state index contributed by atoms with van der Waals surface area (Å²) in [5.41, 5.74) is 1.30. The third-order valence-corrected chi connectivity index (χ3v) is 4.22. The summed E-state index contributed by atoms with van der Waals surface area (Å²) >= 11 is 0. The lowest BCUT2D eigenvalue weighted by Gasteiger charge is -2.24. The van der Waals surface area contributed by atoms with E-state index >= 15 is 0 Å². The molecule has 2 N–H and O–H groups in total. The van der Waals surface area contributed by atoms with Gasteiger partial charge in [-0.3, -0.25) is 19.7 Å². The highest BCUT2D eigenvalue weighted by Gasteiger charge is 2.31. The topological polar surface area (TPSA) is 92.7 Å². The van der Waals surface area contributed by atoms with Gasteiger partial charge < -0.3 is 9.84 Å². The van der Waals surface area contributed by atoms with Gasteiger partial charge in [0, 0.05) is 12.0 Å². The Hall–Kier alpha value is -2.37. The van der Waals surface area contributed by atoms with Gasteiger partial charge in [-0.1, -0.05) is 12.1 Å². The molecule has 0 radical (unpaired) electrons. The minimum absolute atomic E-state index is 0.108. The lowest BCUT2D eigenvalue weighted by molar-refractivity contribution is -0.136. The van der Waals surface area contributed by atoms with Crippen LogP contribution in [0.5, 0.6) is 5.75 Å². The Morgan fingerprint density at radius 1 is 1.26 bits per heavy atom. The molecule has 0 spiro atoms. The first-order valence-corrected chi connectivity index (χ1v) is 7.84. The van der Waals surface area contributed by atoms with Crippen molar-refractivity contribution in [3.63, 3.8) is 0 Å². The van der Waals surface area contributed by atoms with Crippen LogP contribution in [0.15, 0.2) is 18.2 Å². The van der Waals surface area contributed by atoms with Crippen molar-refractivity contribution < 1.29 is 24.2 Å². The van der Waals surface area contributed by atoms with E-state index in [4.69, 9.17) is 9.84 Å². The van der Waals surface area contributed by atoms with E-state index < -0.39 is 11.9 Å². The van der Waals surface area contributed by atoms with E-state index in [0.717, 1.165) is 12.8 Å². The van der Waals surface area contributed by atoms with Gasteiger partial charge in [0.2, 0.25) is 11.8 Å². The van der Waals surface area contributed by atoms with Crippen LogP contribution in [-0.2, 0) is 20.8 Å². The quantitative estimate of drug-likeness (QED) is 0.778. The van der Waals surface area contributed by atoms with Crippen molar-refractivity contribution in [3.8, 4) is 5.75 Å². The van der Waals surface area contributed by atoms with Crippen molar-refractivity contribution in [2.45, 2.75) is 38.0 Å². The maximum Gasteiger partial charge on any atom is 0.307 e. The Morgan fingerprint density at radius 3 is 2.70 bits per heavy atom. The summed E-state index contributed by atoms with van der Waals surface area (Å²) in [6.07, 6.45) is 2.90. The van der Waals surface area contributed by atoms with E-state index in [1.165, 1.54) is 0 Å². The molecule has 1 unspecified atom stereocenters. The molecule has 2 aliphatic rings.